The van der Waals surface area contributed by atoms with Gasteiger partial charge in [-0.3, -0.25) is 4.79 Å². The van der Waals surface area contributed by atoms with Gasteiger partial charge in [0, 0.05) is 18.5 Å². The largest absolute Gasteiger partial charge is 0.345 e. The van der Waals surface area contributed by atoms with E-state index in [0.717, 1.165) is 13.0 Å². The maximum absolute atomic E-state index is 11.7. The van der Waals surface area contributed by atoms with Crippen LogP contribution >= 0.6 is 11.3 Å². The van der Waals surface area contributed by atoms with E-state index in [1.807, 2.05) is 32.7 Å². The molecule has 15 heavy (non-hydrogen) atoms. The van der Waals surface area contributed by atoms with Crippen molar-refractivity contribution in [2.75, 3.05) is 13.6 Å². The Labute approximate surface area is 95.9 Å². The van der Waals surface area contributed by atoms with E-state index in [1.54, 1.807) is 11.3 Å². The summed E-state index contributed by atoms with van der Waals surface area (Å²) in [6.45, 7) is 6.85. The van der Waals surface area contributed by atoms with Crippen LogP contribution in [0.15, 0.2) is 11.4 Å². The van der Waals surface area contributed by atoms with Crippen LogP contribution in [0.5, 0.6) is 0 Å². The number of hydrogen-bond donors (Lipinski definition) is 0. The van der Waals surface area contributed by atoms with Crippen LogP contribution in [0.4, 0.5) is 0 Å². The number of likely N-dealkylation sites (N-methyl/N-ethyl adjacent to an activating group) is 1. The molecule has 1 aromatic heterocycles. The van der Waals surface area contributed by atoms with Gasteiger partial charge < -0.3 is 4.90 Å². The molecule has 0 radical (unpaired) electrons. The first-order valence-electron chi connectivity index (χ1n) is 5.51. The molecule has 1 aliphatic rings. The molecule has 0 spiro atoms. The monoisotopic (exact) mass is 225 g/mol. The van der Waals surface area contributed by atoms with Crippen molar-refractivity contribution < 1.29 is 4.79 Å². The first-order valence-corrected chi connectivity index (χ1v) is 6.39. The maximum atomic E-state index is 11.7. The summed E-state index contributed by atoms with van der Waals surface area (Å²) < 4.78 is 0. The highest BCUT2D eigenvalue weighted by atomic mass is 32.1. The van der Waals surface area contributed by atoms with Gasteiger partial charge in [-0.05, 0) is 30.4 Å². The number of rotatable bonds is 0. The molecule has 1 aromatic rings. The topological polar surface area (TPSA) is 20.3 Å². The molecule has 2 nitrogen and oxygen atoms in total. The summed E-state index contributed by atoms with van der Waals surface area (Å²) >= 11 is 1.71. The molecule has 1 unspecified atom stereocenters. The standard InChI is InChI=1S/C10H13NOS.C2H6/c1-7-9-8(4-6-13-9)3-5-11(2)10(7)12;1-2/h4,6-7H,3,5H2,1-2H3;1-2H3. The second-order valence-electron chi connectivity index (χ2n) is 3.54. The van der Waals surface area contributed by atoms with Crippen LogP contribution in [0.3, 0.4) is 0 Å². The number of hydrogen-bond acceptors (Lipinski definition) is 2. The third kappa shape index (κ3) is 2.40. The summed E-state index contributed by atoms with van der Waals surface area (Å²) in [5.74, 6) is 0.309. The zero-order chi connectivity index (χ0) is 11.4. The predicted octanol–water partition coefficient (Wildman–Crippen LogP) is 2.89. The van der Waals surface area contributed by atoms with Crippen LogP contribution in [-0.4, -0.2) is 24.4 Å². The first kappa shape index (κ1) is 12.2. The molecule has 0 aliphatic carbocycles. The van der Waals surface area contributed by atoms with E-state index < -0.39 is 0 Å². The Balaban J connectivity index is 0.000000531. The Morgan fingerprint density at radius 2 is 2.13 bits per heavy atom. The van der Waals surface area contributed by atoms with Gasteiger partial charge in [0.1, 0.15) is 0 Å². The number of fused-ring (bicyclic) bond motifs is 1. The fourth-order valence-corrected chi connectivity index (χ4v) is 2.78. The van der Waals surface area contributed by atoms with Crippen molar-refractivity contribution in [1.82, 2.24) is 4.90 Å². The number of nitrogens with zero attached hydrogens (tertiary/aromatic N) is 1. The van der Waals surface area contributed by atoms with Gasteiger partial charge in [-0.1, -0.05) is 13.8 Å². The lowest BCUT2D eigenvalue weighted by Crippen LogP contribution is -2.29. The summed E-state index contributed by atoms with van der Waals surface area (Å²) in [5, 5.41) is 2.08. The molecule has 2 rings (SSSR count). The molecule has 0 aromatic carbocycles. The van der Waals surface area contributed by atoms with Gasteiger partial charge in [0.25, 0.3) is 0 Å². The van der Waals surface area contributed by atoms with Crippen LogP contribution in [-0.2, 0) is 11.2 Å². The van der Waals surface area contributed by atoms with Crippen molar-refractivity contribution in [2.45, 2.75) is 33.1 Å². The molecule has 1 aliphatic heterocycles. The average molecular weight is 225 g/mol. The summed E-state index contributed by atoms with van der Waals surface area (Å²) in [7, 11) is 1.88. The van der Waals surface area contributed by atoms with E-state index in [-0.39, 0.29) is 11.8 Å². The minimum atomic E-state index is 0.0579. The zero-order valence-electron chi connectivity index (χ0n) is 9.91. The van der Waals surface area contributed by atoms with Crippen molar-refractivity contribution >= 4 is 17.2 Å². The Kier molecular flexibility index (Phi) is 4.33. The highest BCUT2D eigenvalue weighted by Crippen LogP contribution is 2.30. The van der Waals surface area contributed by atoms with Gasteiger partial charge in [0.15, 0.2) is 0 Å². The molecule has 0 N–H and O–H groups in total. The minimum Gasteiger partial charge on any atom is -0.345 e. The fourth-order valence-electron chi connectivity index (χ4n) is 1.78. The lowest BCUT2D eigenvalue weighted by molar-refractivity contribution is -0.130. The Bertz CT molecular complexity index is 332. The number of carbonyl (C=O) groups excluding carboxylic acids is 1. The number of amides is 1. The van der Waals surface area contributed by atoms with Gasteiger partial charge >= 0.3 is 0 Å². The molecule has 0 bridgehead atoms. The lowest BCUT2D eigenvalue weighted by Gasteiger charge is -2.16. The Morgan fingerprint density at radius 1 is 1.47 bits per heavy atom. The molecule has 0 fully saturated rings. The smallest absolute Gasteiger partial charge is 0.230 e. The Hall–Kier alpha value is -0.830. The van der Waals surface area contributed by atoms with E-state index >= 15 is 0 Å². The molecule has 84 valence electrons. The summed E-state index contributed by atoms with van der Waals surface area (Å²) in [6, 6.07) is 2.14. The highest BCUT2D eigenvalue weighted by molar-refractivity contribution is 7.10. The molecule has 2 heterocycles. The SMILES string of the molecule is CC.CC1C(=O)N(C)CCc2ccsc21. The van der Waals surface area contributed by atoms with Gasteiger partial charge in [0.2, 0.25) is 5.91 Å². The molecule has 0 saturated carbocycles. The van der Waals surface area contributed by atoms with Crippen LogP contribution in [0.25, 0.3) is 0 Å². The van der Waals surface area contributed by atoms with Crippen molar-refractivity contribution in [3.63, 3.8) is 0 Å². The summed E-state index contributed by atoms with van der Waals surface area (Å²) in [4.78, 5) is 14.8. The fraction of sp³-hybridized carbons (Fsp3) is 0.583. The van der Waals surface area contributed by atoms with Crippen LogP contribution in [0, 0.1) is 0 Å². The van der Waals surface area contributed by atoms with Gasteiger partial charge in [-0.25, -0.2) is 0 Å². The third-order valence-electron chi connectivity index (χ3n) is 2.64. The van der Waals surface area contributed by atoms with Crippen molar-refractivity contribution in [1.29, 1.82) is 0 Å². The molecule has 1 atom stereocenters. The maximum Gasteiger partial charge on any atom is 0.230 e. The van der Waals surface area contributed by atoms with Gasteiger partial charge in [-0.15, -0.1) is 11.3 Å². The van der Waals surface area contributed by atoms with Crippen molar-refractivity contribution in [2.24, 2.45) is 0 Å². The summed E-state index contributed by atoms with van der Waals surface area (Å²) in [5.41, 5.74) is 1.36. The first-order chi connectivity index (χ1) is 7.20. The average Bonchev–Trinajstić information content (AvgIpc) is 2.71. The Morgan fingerprint density at radius 3 is 2.80 bits per heavy atom. The van der Waals surface area contributed by atoms with E-state index in [9.17, 15) is 4.79 Å². The van der Waals surface area contributed by atoms with E-state index in [2.05, 4.69) is 11.4 Å². The third-order valence-corrected chi connectivity index (χ3v) is 3.78. The molecule has 3 heteroatoms. The van der Waals surface area contributed by atoms with Crippen LogP contribution < -0.4 is 0 Å². The summed E-state index contributed by atoms with van der Waals surface area (Å²) in [6.07, 6.45) is 1.01. The molecular weight excluding hydrogens is 206 g/mol. The second kappa shape index (κ2) is 5.31. The quantitative estimate of drug-likeness (QED) is 0.665. The zero-order valence-corrected chi connectivity index (χ0v) is 10.7. The lowest BCUT2D eigenvalue weighted by atomic mass is 10.1. The normalized spacial score (nSPS) is 20.1. The molecule has 1 amide bonds. The minimum absolute atomic E-state index is 0.0579. The van der Waals surface area contributed by atoms with Crippen LogP contribution in [0.1, 0.15) is 37.1 Å². The predicted molar refractivity (Wildman–Crippen MR) is 65.4 cm³/mol. The second-order valence-corrected chi connectivity index (χ2v) is 4.49. The van der Waals surface area contributed by atoms with E-state index in [0.29, 0.717) is 0 Å². The number of thiophene rings is 1. The van der Waals surface area contributed by atoms with E-state index in [4.69, 9.17) is 0 Å². The highest BCUT2D eigenvalue weighted by Gasteiger charge is 2.25. The van der Waals surface area contributed by atoms with Gasteiger partial charge in [-0.2, -0.15) is 0 Å². The van der Waals surface area contributed by atoms with Crippen molar-refractivity contribution in [3.05, 3.63) is 21.9 Å². The van der Waals surface area contributed by atoms with Gasteiger partial charge in [0.05, 0.1) is 5.92 Å². The molecular formula is C12H19NOS. The van der Waals surface area contributed by atoms with Crippen molar-refractivity contribution in [3.8, 4) is 0 Å². The molecule has 0 saturated heterocycles. The van der Waals surface area contributed by atoms with Crippen LogP contribution in [0.2, 0.25) is 0 Å². The number of carbonyl (C=O) groups is 1. The van der Waals surface area contributed by atoms with E-state index in [1.165, 1.54) is 10.4 Å².